The van der Waals surface area contributed by atoms with E-state index in [-0.39, 0.29) is 0 Å². The summed E-state index contributed by atoms with van der Waals surface area (Å²) in [4.78, 5) is 10.5. The van der Waals surface area contributed by atoms with Gasteiger partial charge >= 0.3 is 0 Å². The summed E-state index contributed by atoms with van der Waals surface area (Å²) in [5.41, 5.74) is 2.40. The number of aryl methyl sites for hydroxylation is 1. The maximum Gasteiger partial charge on any atom is 0.184 e. The molecule has 0 unspecified atom stereocenters. The third kappa shape index (κ3) is 3.24. The largest absolute Gasteiger partial charge is 0.486 e. The Morgan fingerprint density at radius 1 is 1.33 bits per heavy atom. The van der Waals surface area contributed by atoms with E-state index in [0.29, 0.717) is 12.4 Å². The predicted octanol–water partition coefficient (Wildman–Crippen LogP) is 2.87. The van der Waals surface area contributed by atoms with Gasteiger partial charge in [-0.15, -0.1) is 0 Å². The van der Waals surface area contributed by atoms with Crippen molar-refractivity contribution in [2.75, 3.05) is 0 Å². The zero-order valence-electron chi connectivity index (χ0n) is 9.19. The molecule has 0 aliphatic heterocycles. The summed E-state index contributed by atoms with van der Waals surface area (Å²) < 4.78 is 5.36. The van der Waals surface area contributed by atoms with Crippen molar-refractivity contribution in [3.8, 4) is 0 Å². The Bertz CT molecular complexity index is 353. The third-order valence-corrected chi connectivity index (χ3v) is 2.29. The molecule has 0 N–H and O–H groups in total. The third-order valence-electron chi connectivity index (χ3n) is 2.29. The summed E-state index contributed by atoms with van der Waals surface area (Å²) in [5.74, 6) is 0.390. The van der Waals surface area contributed by atoms with Crippen molar-refractivity contribution >= 4 is 6.29 Å². The van der Waals surface area contributed by atoms with E-state index in [1.165, 1.54) is 5.56 Å². The molecule has 1 rings (SSSR count). The molecule has 15 heavy (non-hydrogen) atoms. The molecular weight excluding hydrogens is 188 g/mol. The van der Waals surface area contributed by atoms with Crippen LogP contribution in [0.2, 0.25) is 0 Å². The fourth-order valence-corrected chi connectivity index (χ4v) is 1.39. The second kappa shape index (κ2) is 6.02. The molecule has 0 aliphatic rings. The van der Waals surface area contributed by atoms with Gasteiger partial charge in [-0.25, -0.2) is 0 Å². The van der Waals surface area contributed by atoms with Gasteiger partial charge in [0, 0.05) is 0 Å². The van der Waals surface area contributed by atoms with Gasteiger partial charge in [0.15, 0.2) is 12.0 Å². The summed E-state index contributed by atoms with van der Waals surface area (Å²) in [7, 11) is 0. The number of ether oxygens (including phenoxy) is 1. The Hall–Kier alpha value is -1.57. The number of allylic oxidation sites excluding steroid dienone is 2. The fourth-order valence-electron chi connectivity index (χ4n) is 1.39. The van der Waals surface area contributed by atoms with Gasteiger partial charge in [-0.2, -0.15) is 0 Å². The highest BCUT2D eigenvalue weighted by Crippen LogP contribution is 2.12. The highest BCUT2D eigenvalue weighted by atomic mass is 16.5. The van der Waals surface area contributed by atoms with E-state index in [1.54, 1.807) is 13.0 Å². The van der Waals surface area contributed by atoms with Crippen LogP contribution in [0.1, 0.15) is 25.0 Å². The van der Waals surface area contributed by atoms with Crippen molar-refractivity contribution < 1.29 is 9.53 Å². The molecule has 1 aromatic rings. The number of aldehydes is 1. The lowest BCUT2D eigenvalue weighted by atomic mass is 10.1. The minimum atomic E-state index is 0.390. The van der Waals surface area contributed by atoms with Crippen molar-refractivity contribution in [2.45, 2.75) is 26.9 Å². The van der Waals surface area contributed by atoms with Gasteiger partial charge in [0.05, 0.1) is 0 Å². The molecule has 0 amide bonds. The first kappa shape index (κ1) is 11.5. The summed E-state index contributed by atoms with van der Waals surface area (Å²) in [5, 5.41) is 0. The average molecular weight is 204 g/mol. The summed E-state index contributed by atoms with van der Waals surface area (Å²) in [6.07, 6.45) is 3.38. The van der Waals surface area contributed by atoms with E-state index >= 15 is 0 Å². The Kier molecular flexibility index (Phi) is 4.61. The summed E-state index contributed by atoms with van der Waals surface area (Å²) in [6, 6.07) is 8.10. The zero-order chi connectivity index (χ0) is 11.1. The van der Waals surface area contributed by atoms with E-state index in [9.17, 15) is 4.79 Å². The molecule has 0 aromatic heterocycles. The van der Waals surface area contributed by atoms with Gasteiger partial charge in [-0.3, -0.25) is 4.79 Å². The van der Waals surface area contributed by atoms with Gasteiger partial charge < -0.3 is 4.74 Å². The lowest BCUT2D eigenvalue weighted by molar-refractivity contribution is -0.108. The molecule has 0 spiro atoms. The second-order valence-electron chi connectivity index (χ2n) is 3.22. The van der Waals surface area contributed by atoms with Gasteiger partial charge in [-0.05, 0) is 30.5 Å². The first-order chi connectivity index (χ1) is 7.31. The maximum atomic E-state index is 10.5. The molecule has 0 radical (unpaired) electrons. The van der Waals surface area contributed by atoms with Crippen LogP contribution in [0.5, 0.6) is 0 Å². The molecule has 2 nitrogen and oxygen atoms in total. The molecule has 0 bridgehead atoms. The van der Waals surface area contributed by atoms with Crippen LogP contribution in [-0.2, 0) is 22.6 Å². The Morgan fingerprint density at radius 2 is 2.00 bits per heavy atom. The molecule has 0 saturated heterocycles. The van der Waals surface area contributed by atoms with Crippen LogP contribution in [0.15, 0.2) is 36.1 Å². The van der Waals surface area contributed by atoms with Gasteiger partial charge in [0.25, 0.3) is 0 Å². The van der Waals surface area contributed by atoms with Crippen LogP contribution in [0.25, 0.3) is 0 Å². The summed E-state index contributed by atoms with van der Waals surface area (Å²) in [6.45, 7) is 4.35. The monoisotopic (exact) mass is 204 g/mol. The Labute approximate surface area is 90.6 Å². The van der Waals surface area contributed by atoms with Crippen LogP contribution in [0.4, 0.5) is 0 Å². The molecule has 0 heterocycles. The molecule has 2 heteroatoms. The zero-order valence-corrected chi connectivity index (χ0v) is 9.19. The van der Waals surface area contributed by atoms with Crippen molar-refractivity contribution in [3.63, 3.8) is 0 Å². The normalized spacial score (nSPS) is 11.2. The Morgan fingerprint density at radius 3 is 2.53 bits per heavy atom. The topological polar surface area (TPSA) is 26.3 Å². The highest BCUT2D eigenvalue weighted by Gasteiger charge is 2.01. The smallest absolute Gasteiger partial charge is 0.184 e. The number of hydrogen-bond donors (Lipinski definition) is 0. The van der Waals surface area contributed by atoms with Crippen LogP contribution in [0.3, 0.4) is 0 Å². The first-order valence-corrected chi connectivity index (χ1v) is 5.12. The minimum Gasteiger partial charge on any atom is -0.486 e. The summed E-state index contributed by atoms with van der Waals surface area (Å²) >= 11 is 0. The molecule has 0 atom stereocenters. The molecular formula is C13H16O2. The fraction of sp³-hybridized carbons (Fsp3) is 0.308. The van der Waals surface area contributed by atoms with Crippen molar-refractivity contribution in [1.29, 1.82) is 0 Å². The quantitative estimate of drug-likeness (QED) is 0.419. The van der Waals surface area contributed by atoms with Gasteiger partial charge in [-0.1, -0.05) is 31.2 Å². The van der Waals surface area contributed by atoms with E-state index in [2.05, 4.69) is 13.0 Å². The number of carbonyl (C=O) groups is 1. The standard InChI is InChI=1S/C13H16O2/c1-3-11-7-5-6-8-12(11)10-15-13(4-2)9-14/h4-9H,3,10H2,1-2H3/b13-4+. The number of benzene rings is 1. The molecule has 80 valence electrons. The van der Waals surface area contributed by atoms with E-state index in [1.807, 2.05) is 18.2 Å². The lowest BCUT2D eigenvalue weighted by Gasteiger charge is -2.08. The van der Waals surface area contributed by atoms with E-state index in [4.69, 9.17) is 4.74 Å². The first-order valence-electron chi connectivity index (χ1n) is 5.12. The van der Waals surface area contributed by atoms with E-state index in [0.717, 1.165) is 18.3 Å². The van der Waals surface area contributed by atoms with Gasteiger partial charge in [0.2, 0.25) is 0 Å². The number of rotatable bonds is 5. The minimum absolute atomic E-state index is 0.390. The van der Waals surface area contributed by atoms with Crippen LogP contribution < -0.4 is 0 Å². The SMILES string of the molecule is C/C=C(\C=O)OCc1ccccc1CC. The number of hydrogen-bond acceptors (Lipinski definition) is 2. The highest BCUT2D eigenvalue weighted by molar-refractivity contribution is 5.69. The van der Waals surface area contributed by atoms with Gasteiger partial charge in [0.1, 0.15) is 6.61 Å². The molecule has 0 aliphatic carbocycles. The predicted molar refractivity (Wildman–Crippen MR) is 60.4 cm³/mol. The van der Waals surface area contributed by atoms with Crippen LogP contribution in [-0.4, -0.2) is 6.29 Å². The Balaban J connectivity index is 2.68. The van der Waals surface area contributed by atoms with E-state index < -0.39 is 0 Å². The van der Waals surface area contributed by atoms with Crippen molar-refractivity contribution in [1.82, 2.24) is 0 Å². The van der Waals surface area contributed by atoms with Crippen molar-refractivity contribution in [3.05, 3.63) is 47.2 Å². The second-order valence-corrected chi connectivity index (χ2v) is 3.22. The lowest BCUT2D eigenvalue weighted by Crippen LogP contribution is -1.98. The number of carbonyl (C=O) groups excluding carboxylic acids is 1. The maximum absolute atomic E-state index is 10.5. The molecule has 0 fully saturated rings. The molecule has 1 aromatic carbocycles. The average Bonchev–Trinajstić information content (AvgIpc) is 2.31. The molecule has 0 saturated carbocycles. The van der Waals surface area contributed by atoms with Crippen LogP contribution in [0, 0.1) is 0 Å². The van der Waals surface area contributed by atoms with Crippen LogP contribution >= 0.6 is 0 Å². The van der Waals surface area contributed by atoms with Crippen molar-refractivity contribution in [2.24, 2.45) is 0 Å².